The first-order valence-electron chi connectivity index (χ1n) is 6.62. The number of carbonyl (C=O) groups is 1. The quantitative estimate of drug-likeness (QED) is 0.614. The van der Waals surface area contributed by atoms with Crippen molar-refractivity contribution in [3.63, 3.8) is 0 Å². The maximum absolute atomic E-state index is 12.3. The van der Waals surface area contributed by atoms with Gasteiger partial charge >= 0.3 is 0 Å². The van der Waals surface area contributed by atoms with Gasteiger partial charge in [-0.15, -0.1) is 0 Å². The summed E-state index contributed by atoms with van der Waals surface area (Å²) in [7, 11) is -2.23. The molecule has 1 amide bonds. The SMILES string of the molecule is CCOC1CC(N)C1NS(=O)(=O)c1cc(C(N)=O)n(C)c1. The Morgan fingerprint density at radius 3 is 2.71 bits per heavy atom. The molecule has 0 spiro atoms. The number of rotatable bonds is 6. The molecule has 1 aliphatic rings. The molecular formula is C12H20N4O4S. The second-order valence-corrected chi connectivity index (χ2v) is 6.79. The van der Waals surface area contributed by atoms with E-state index in [1.807, 2.05) is 6.92 Å². The highest BCUT2D eigenvalue weighted by Gasteiger charge is 2.42. The highest BCUT2D eigenvalue weighted by molar-refractivity contribution is 7.89. The Kier molecular flexibility index (Phi) is 4.38. The number of sulfonamides is 1. The molecule has 3 unspecified atom stereocenters. The van der Waals surface area contributed by atoms with Crippen LogP contribution in [-0.2, 0) is 21.8 Å². The normalized spacial score (nSPS) is 25.6. The molecule has 118 valence electrons. The summed E-state index contributed by atoms with van der Waals surface area (Å²) in [5.74, 6) is -0.688. The van der Waals surface area contributed by atoms with Crippen LogP contribution in [0.15, 0.2) is 17.2 Å². The van der Waals surface area contributed by atoms with Crippen LogP contribution in [0.25, 0.3) is 0 Å². The minimum atomic E-state index is -3.78. The monoisotopic (exact) mass is 316 g/mol. The molecule has 0 aliphatic heterocycles. The Morgan fingerprint density at radius 1 is 1.57 bits per heavy atom. The first kappa shape index (κ1) is 16.0. The molecule has 1 heterocycles. The summed E-state index contributed by atoms with van der Waals surface area (Å²) in [5, 5.41) is 0. The summed E-state index contributed by atoms with van der Waals surface area (Å²) >= 11 is 0. The third-order valence-corrected chi connectivity index (χ3v) is 5.01. The molecule has 1 fully saturated rings. The van der Waals surface area contributed by atoms with Gasteiger partial charge in [0.15, 0.2) is 0 Å². The summed E-state index contributed by atoms with van der Waals surface area (Å²) in [6.45, 7) is 2.33. The van der Waals surface area contributed by atoms with Crippen LogP contribution in [0.1, 0.15) is 23.8 Å². The highest BCUT2D eigenvalue weighted by Crippen LogP contribution is 2.25. The molecule has 5 N–H and O–H groups in total. The van der Waals surface area contributed by atoms with Gasteiger partial charge in [0, 0.05) is 25.9 Å². The first-order valence-corrected chi connectivity index (χ1v) is 8.10. The van der Waals surface area contributed by atoms with Crippen molar-refractivity contribution in [1.82, 2.24) is 9.29 Å². The molecule has 0 bridgehead atoms. The van der Waals surface area contributed by atoms with Gasteiger partial charge in [0.05, 0.1) is 12.1 Å². The van der Waals surface area contributed by atoms with E-state index < -0.39 is 22.0 Å². The molecule has 1 saturated carbocycles. The van der Waals surface area contributed by atoms with Crippen molar-refractivity contribution in [3.8, 4) is 0 Å². The number of carbonyl (C=O) groups excluding carboxylic acids is 1. The molecule has 21 heavy (non-hydrogen) atoms. The number of amides is 1. The first-order chi connectivity index (χ1) is 9.76. The third-order valence-electron chi connectivity index (χ3n) is 3.58. The predicted molar refractivity (Wildman–Crippen MR) is 76.0 cm³/mol. The summed E-state index contributed by atoms with van der Waals surface area (Å²) in [5.41, 5.74) is 11.1. The Morgan fingerprint density at radius 2 is 2.24 bits per heavy atom. The summed E-state index contributed by atoms with van der Waals surface area (Å²) in [6.07, 6.45) is 1.73. The maximum atomic E-state index is 12.3. The van der Waals surface area contributed by atoms with Crippen LogP contribution in [0.3, 0.4) is 0 Å². The van der Waals surface area contributed by atoms with Crippen LogP contribution in [0.5, 0.6) is 0 Å². The number of aromatic nitrogens is 1. The molecule has 8 nitrogen and oxygen atoms in total. The van der Waals surface area contributed by atoms with Gasteiger partial charge in [-0.05, 0) is 19.4 Å². The van der Waals surface area contributed by atoms with Crippen molar-refractivity contribution in [1.29, 1.82) is 0 Å². The van der Waals surface area contributed by atoms with Gasteiger partial charge in [-0.25, -0.2) is 13.1 Å². The minimum Gasteiger partial charge on any atom is -0.377 e. The number of hydrogen-bond acceptors (Lipinski definition) is 5. The number of nitrogens with two attached hydrogens (primary N) is 2. The smallest absolute Gasteiger partial charge is 0.265 e. The van der Waals surface area contributed by atoms with Crippen molar-refractivity contribution < 1.29 is 17.9 Å². The van der Waals surface area contributed by atoms with Crippen molar-refractivity contribution in [2.75, 3.05) is 6.61 Å². The van der Waals surface area contributed by atoms with E-state index in [9.17, 15) is 13.2 Å². The number of ether oxygens (including phenoxy) is 1. The zero-order valence-electron chi connectivity index (χ0n) is 11.9. The third kappa shape index (κ3) is 3.10. The standard InChI is InChI=1S/C12H20N4O4S/c1-3-20-10-5-8(13)11(10)15-21(18,19)7-4-9(12(14)17)16(2)6-7/h4,6,8,10-11,15H,3,5,13H2,1-2H3,(H2,14,17). The Balaban J connectivity index is 2.19. The zero-order chi connectivity index (χ0) is 15.8. The van der Waals surface area contributed by atoms with E-state index in [0.29, 0.717) is 13.0 Å². The van der Waals surface area contributed by atoms with Crippen LogP contribution in [0.4, 0.5) is 0 Å². The van der Waals surface area contributed by atoms with E-state index in [-0.39, 0.29) is 22.7 Å². The van der Waals surface area contributed by atoms with Gasteiger partial charge in [-0.2, -0.15) is 0 Å². The molecule has 2 rings (SSSR count). The fraction of sp³-hybridized carbons (Fsp3) is 0.583. The molecule has 3 atom stereocenters. The predicted octanol–water partition coefficient (Wildman–Crippen LogP) is -1.09. The number of nitrogens with zero attached hydrogens (tertiary/aromatic N) is 1. The number of hydrogen-bond donors (Lipinski definition) is 3. The van der Waals surface area contributed by atoms with Gasteiger partial charge in [-0.3, -0.25) is 4.79 Å². The van der Waals surface area contributed by atoms with Gasteiger partial charge < -0.3 is 20.8 Å². The number of aryl methyl sites for hydroxylation is 1. The minimum absolute atomic E-state index is 0.0202. The van der Waals surface area contributed by atoms with E-state index in [1.165, 1.54) is 16.8 Å². The summed E-state index contributed by atoms with van der Waals surface area (Å²) in [4.78, 5) is 11.2. The summed E-state index contributed by atoms with van der Waals surface area (Å²) in [6, 6.07) is 0.493. The van der Waals surface area contributed by atoms with E-state index in [0.717, 1.165) is 0 Å². The van der Waals surface area contributed by atoms with E-state index in [4.69, 9.17) is 16.2 Å². The molecule has 1 aliphatic carbocycles. The van der Waals surface area contributed by atoms with Gasteiger partial charge in [0.25, 0.3) is 5.91 Å². The second kappa shape index (κ2) is 5.76. The average molecular weight is 316 g/mol. The van der Waals surface area contributed by atoms with Crippen LogP contribution < -0.4 is 16.2 Å². The van der Waals surface area contributed by atoms with Crippen LogP contribution in [-0.4, -0.2) is 43.7 Å². The van der Waals surface area contributed by atoms with Crippen molar-refractivity contribution >= 4 is 15.9 Å². The van der Waals surface area contributed by atoms with Crippen molar-refractivity contribution in [2.24, 2.45) is 18.5 Å². The average Bonchev–Trinajstić information content (AvgIpc) is 2.79. The van der Waals surface area contributed by atoms with Crippen molar-refractivity contribution in [2.45, 2.75) is 36.4 Å². The number of primary amides is 1. The molecule has 0 saturated heterocycles. The van der Waals surface area contributed by atoms with Crippen LogP contribution in [0, 0.1) is 0 Å². The van der Waals surface area contributed by atoms with E-state index in [1.54, 1.807) is 7.05 Å². The Labute approximate surface area is 123 Å². The lowest BCUT2D eigenvalue weighted by Gasteiger charge is -2.42. The maximum Gasteiger partial charge on any atom is 0.265 e. The fourth-order valence-electron chi connectivity index (χ4n) is 2.36. The lowest BCUT2D eigenvalue weighted by molar-refractivity contribution is -0.0248. The molecule has 9 heteroatoms. The van der Waals surface area contributed by atoms with Crippen molar-refractivity contribution in [3.05, 3.63) is 18.0 Å². The highest BCUT2D eigenvalue weighted by atomic mass is 32.2. The van der Waals surface area contributed by atoms with Gasteiger partial charge in [-0.1, -0.05) is 0 Å². The molecule has 1 aromatic rings. The van der Waals surface area contributed by atoms with Gasteiger partial charge in [0.2, 0.25) is 10.0 Å². The van der Waals surface area contributed by atoms with E-state index in [2.05, 4.69) is 4.72 Å². The Bertz CT molecular complexity index is 638. The fourth-order valence-corrected chi connectivity index (χ4v) is 3.75. The molecule has 0 radical (unpaired) electrons. The molecule has 1 aromatic heterocycles. The van der Waals surface area contributed by atoms with E-state index >= 15 is 0 Å². The Hall–Kier alpha value is -1.42. The van der Waals surface area contributed by atoms with Gasteiger partial charge in [0.1, 0.15) is 10.6 Å². The van der Waals surface area contributed by atoms with Crippen LogP contribution in [0.2, 0.25) is 0 Å². The zero-order valence-corrected chi connectivity index (χ0v) is 12.8. The topological polar surface area (TPSA) is 129 Å². The molecule has 0 aromatic carbocycles. The largest absolute Gasteiger partial charge is 0.377 e. The molecular weight excluding hydrogens is 296 g/mol. The second-order valence-electron chi connectivity index (χ2n) is 5.08. The number of nitrogens with one attached hydrogen (secondary N) is 1. The summed E-state index contributed by atoms with van der Waals surface area (Å²) < 4.78 is 34.0. The van der Waals surface area contributed by atoms with Crippen LogP contribution >= 0.6 is 0 Å². The lowest BCUT2D eigenvalue weighted by atomic mass is 9.84. The lowest BCUT2D eigenvalue weighted by Crippen LogP contribution is -2.64.